The molecule has 0 radical (unpaired) electrons. The molecule has 2 heterocycles. The number of ether oxygens (including phenoxy) is 1. The van der Waals surface area contributed by atoms with E-state index in [1.54, 1.807) is 30.5 Å². The van der Waals surface area contributed by atoms with Gasteiger partial charge in [0.25, 0.3) is 0 Å². The topological polar surface area (TPSA) is 134 Å². The molecule has 0 aliphatic heterocycles. The molecule has 2 aromatic heterocycles. The lowest BCUT2D eigenvalue weighted by molar-refractivity contribution is -0.697. The van der Waals surface area contributed by atoms with Gasteiger partial charge in [0.2, 0.25) is 10.0 Å². The van der Waals surface area contributed by atoms with Gasteiger partial charge in [-0.1, -0.05) is 49.3 Å². The first-order valence-electron chi connectivity index (χ1n) is 15.5. The summed E-state index contributed by atoms with van der Waals surface area (Å²) in [5.74, 6) is -1.57. The molecule has 278 valence electrons. The van der Waals surface area contributed by atoms with Gasteiger partial charge < -0.3 is 9.29 Å². The van der Waals surface area contributed by atoms with E-state index in [0.717, 1.165) is 11.6 Å². The number of nitrogens with zero attached hydrogens (tertiary/aromatic N) is 3. The maximum Gasteiger partial charge on any atom is 0.240 e. The van der Waals surface area contributed by atoms with Gasteiger partial charge in [0.05, 0.1) is 34.0 Å². The SMILES string of the molecule is COc1cc(C(C)(C)c2cnc(SCc3c(F)cc(S(=O)(=O)NCCC[n+]4ccccc4)cc3Cl)n2-c2ccc(F)cc2)ccc1F.CS(=O)(=O)[O-]. The van der Waals surface area contributed by atoms with E-state index in [2.05, 4.69) is 9.71 Å². The Labute approximate surface area is 310 Å². The Kier molecular flexibility index (Phi) is 13.6. The summed E-state index contributed by atoms with van der Waals surface area (Å²) in [4.78, 5) is 4.34. The Balaban J connectivity index is 0.00000113. The number of rotatable bonds is 13. The largest absolute Gasteiger partial charge is 0.748 e. The third kappa shape index (κ3) is 10.8. The number of nitrogens with one attached hydrogen (secondary N) is 1. The summed E-state index contributed by atoms with van der Waals surface area (Å²) in [7, 11) is -6.53. The van der Waals surface area contributed by atoms with E-state index in [-0.39, 0.29) is 33.5 Å². The van der Waals surface area contributed by atoms with E-state index in [1.807, 2.05) is 53.6 Å². The lowest BCUT2D eigenvalue weighted by Gasteiger charge is -2.28. The number of hydrogen-bond donors (Lipinski definition) is 1. The Morgan fingerprint density at radius 2 is 1.63 bits per heavy atom. The molecule has 0 saturated carbocycles. The first kappa shape index (κ1) is 40.8. The van der Waals surface area contributed by atoms with Gasteiger partial charge in [-0.25, -0.2) is 44.3 Å². The minimum Gasteiger partial charge on any atom is -0.748 e. The van der Waals surface area contributed by atoms with Gasteiger partial charge in [-0.3, -0.25) is 4.57 Å². The lowest BCUT2D eigenvalue weighted by Crippen LogP contribution is -2.35. The highest BCUT2D eigenvalue weighted by atomic mass is 35.5. The van der Waals surface area contributed by atoms with Crippen molar-refractivity contribution in [1.29, 1.82) is 0 Å². The van der Waals surface area contributed by atoms with E-state index < -0.39 is 43.0 Å². The van der Waals surface area contributed by atoms with E-state index in [4.69, 9.17) is 29.3 Å². The standard InChI is InChI=1S/C34H33ClF3N4O3S2.CH4O3S/c1-34(2,23-8-13-29(37)31(18-23)45-3)32-21-39-33(42(32)25-11-9-24(36)10-12-25)46-22-27-28(35)19-26(20-30(27)38)47(43,44)40-14-7-17-41-15-5-4-6-16-41;1-5(2,3)4/h4-6,8-13,15-16,18-21,40H,7,14,17,22H2,1-3H3;1H3,(H,2,3,4)/q+1;/p-1. The Morgan fingerprint density at radius 1 is 0.981 bits per heavy atom. The van der Waals surface area contributed by atoms with E-state index in [0.29, 0.717) is 35.8 Å². The van der Waals surface area contributed by atoms with Crippen LogP contribution in [0, 0.1) is 17.5 Å². The van der Waals surface area contributed by atoms with Crippen LogP contribution in [0.25, 0.3) is 5.69 Å². The van der Waals surface area contributed by atoms with Crippen molar-refractivity contribution in [2.24, 2.45) is 0 Å². The van der Waals surface area contributed by atoms with Crippen molar-refractivity contribution >= 4 is 43.5 Å². The normalized spacial score (nSPS) is 11.9. The Bertz CT molecular complexity index is 2190. The average molecular weight is 797 g/mol. The first-order chi connectivity index (χ1) is 24.4. The second kappa shape index (κ2) is 17.3. The molecule has 5 aromatic rings. The van der Waals surface area contributed by atoms with Crippen LogP contribution in [0.2, 0.25) is 5.02 Å². The molecule has 0 amide bonds. The van der Waals surface area contributed by atoms with Crippen molar-refractivity contribution in [3.05, 3.63) is 131 Å². The van der Waals surface area contributed by atoms with Gasteiger partial charge in [-0.2, -0.15) is 0 Å². The van der Waals surface area contributed by atoms with Crippen LogP contribution in [-0.2, 0) is 37.9 Å². The molecule has 1 N–H and O–H groups in total. The quantitative estimate of drug-likeness (QED) is 0.0628. The zero-order valence-corrected chi connectivity index (χ0v) is 31.7. The summed E-state index contributed by atoms with van der Waals surface area (Å²) in [6, 6.07) is 18.3. The molecule has 0 unspecified atom stereocenters. The number of sulfonamides is 1. The molecule has 0 aliphatic carbocycles. The van der Waals surface area contributed by atoms with Crippen molar-refractivity contribution in [2.75, 3.05) is 19.9 Å². The highest BCUT2D eigenvalue weighted by Gasteiger charge is 2.31. The van der Waals surface area contributed by atoms with Crippen LogP contribution >= 0.6 is 23.4 Å². The van der Waals surface area contributed by atoms with Crippen LogP contribution in [0.1, 0.15) is 37.1 Å². The van der Waals surface area contributed by atoms with Crippen LogP contribution in [0.3, 0.4) is 0 Å². The third-order valence-corrected chi connectivity index (χ3v) is 10.5. The summed E-state index contributed by atoms with van der Waals surface area (Å²) < 4.78 is 108. The summed E-state index contributed by atoms with van der Waals surface area (Å²) in [5, 5.41) is 0.412. The molecule has 0 atom stereocenters. The van der Waals surface area contributed by atoms with Crippen molar-refractivity contribution in [3.63, 3.8) is 0 Å². The van der Waals surface area contributed by atoms with Crippen LogP contribution in [0.4, 0.5) is 13.2 Å². The van der Waals surface area contributed by atoms with Crippen LogP contribution in [0.5, 0.6) is 5.75 Å². The minimum absolute atomic E-state index is 0.0230. The number of aryl methyl sites for hydroxylation is 1. The Morgan fingerprint density at radius 3 is 2.25 bits per heavy atom. The molecule has 0 bridgehead atoms. The number of hydrogen-bond acceptors (Lipinski definition) is 8. The van der Waals surface area contributed by atoms with Gasteiger partial charge in [-0.15, -0.1) is 0 Å². The van der Waals surface area contributed by atoms with Gasteiger partial charge in [0.15, 0.2) is 29.1 Å². The molecule has 52 heavy (non-hydrogen) atoms. The van der Waals surface area contributed by atoms with Crippen LogP contribution in [0.15, 0.2) is 101 Å². The average Bonchev–Trinajstić information content (AvgIpc) is 3.51. The number of aromatic nitrogens is 3. The number of pyridine rings is 1. The fourth-order valence-electron chi connectivity index (χ4n) is 5.06. The Hall–Kier alpha value is -3.93. The van der Waals surface area contributed by atoms with Crippen molar-refractivity contribution in [2.45, 2.75) is 48.0 Å². The van der Waals surface area contributed by atoms with Gasteiger partial charge >= 0.3 is 0 Å². The second-order valence-corrected chi connectivity index (χ2v) is 16.5. The van der Waals surface area contributed by atoms with Crippen LogP contribution < -0.4 is 14.0 Å². The van der Waals surface area contributed by atoms with Gasteiger partial charge in [-0.05, 0) is 54.1 Å². The molecule has 5 rings (SSSR count). The monoisotopic (exact) mass is 796 g/mol. The highest BCUT2D eigenvalue weighted by Crippen LogP contribution is 2.39. The van der Waals surface area contributed by atoms with Crippen molar-refractivity contribution in [1.82, 2.24) is 14.3 Å². The smallest absolute Gasteiger partial charge is 0.240 e. The molecule has 3 aromatic carbocycles. The number of imidazole rings is 1. The summed E-state index contributed by atoms with van der Waals surface area (Å²) in [5.41, 5.74) is 1.42. The van der Waals surface area contributed by atoms with E-state index in [9.17, 15) is 17.2 Å². The number of methoxy groups -OCH3 is 1. The van der Waals surface area contributed by atoms with Crippen molar-refractivity contribution < 1.29 is 43.9 Å². The van der Waals surface area contributed by atoms with E-state index in [1.165, 1.54) is 43.1 Å². The van der Waals surface area contributed by atoms with Crippen LogP contribution in [-0.4, -0.2) is 50.8 Å². The fraction of sp³-hybridized carbons (Fsp3) is 0.257. The molecule has 0 spiro atoms. The zero-order chi connectivity index (χ0) is 38.3. The van der Waals surface area contributed by atoms with Crippen molar-refractivity contribution in [3.8, 4) is 11.4 Å². The first-order valence-corrected chi connectivity index (χ1v) is 20.2. The second-order valence-electron chi connectivity index (χ2n) is 11.9. The molecule has 17 heteroatoms. The predicted molar refractivity (Wildman–Crippen MR) is 192 cm³/mol. The zero-order valence-electron chi connectivity index (χ0n) is 28.5. The summed E-state index contributed by atoms with van der Waals surface area (Å²) >= 11 is 7.64. The summed E-state index contributed by atoms with van der Waals surface area (Å²) in [6.07, 6.45) is 6.57. The maximum absolute atomic E-state index is 15.4. The molecule has 10 nitrogen and oxygen atoms in total. The number of thioether (sulfide) groups is 1. The molecule has 0 saturated heterocycles. The fourth-order valence-corrected chi connectivity index (χ4v) is 7.61. The van der Waals surface area contributed by atoms with E-state index >= 15 is 4.39 Å². The number of benzene rings is 3. The lowest BCUT2D eigenvalue weighted by atomic mass is 9.81. The predicted octanol–water partition coefficient (Wildman–Crippen LogP) is 6.39. The molecule has 0 aliphatic rings. The maximum atomic E-state index is 15.4. The molecule has 0 fully saturated rings. The molecular formula is C35H36ClF3N4O6S3. The minimum atomic E-state index is -4.01. The third-order valence-electron chi connectivity index (χ3n) is 7.76. The highest BCUT2D eigenvalue weighted by molar-refractivity contribution is 7.98. The molecular weight excluding hydrogens is 761 g/mol. The summed E-state index contributed by atoms with van der Waals surface area (Å²) in [6.45, 7) is 4.65. The number of halogens is 4. The van der Waals surface area contributed by atoms with Gasteiger partial charge in [0.1, 0.15) is 18.2 Å². The van der Waals surface area contributed by atoms with Gasteiger partial charge in [0, 0.05) is 58.8 Å².